The van der Waals surface area contributed by atoms with E-state index < -0.39 is 4.92 Å². The lowest BCUT2D eigenvalue weighted by Crippen LogP contribution is -2.08. The highest BCUT2D eigenvalue weighted by Crippen LogP contribution is 2.31. The summed E-state index contributed by atoms with van der Waals surface area (Å²) in [7, 11) is 0. The molecule has 3 aromatic heterocycles. The number of nitrogens with zero attached hydrogens (tertiary/aromatic N) is 4. The van der Waals surface area contributed by atoms with Gasteiger partial charge in [-0.1, -0.05) is 0 Å². The summed E-state index contributed by atoms with van der Waals surface area (Å²) in [6.45, 7) is 2.17. The van der Waals surface area contributed by atoms with Gasteiger partial charge in [0.25, 0.3) is 0 Å². The number of hydrogen-bond acceptors (Lipinski definition) is 8. The summed E-state index contributed by atoms with van der Waals surface area (Å²) in [6, 6.07) is 7.09. The summed E-state index contributed by atoms with van der Waals surface area (Å²) in [5, 5.41) is 17.2. The van der Waals surface area contributed by atoms with Crippen LogP contribution in [-0.4, -0.2) is 19.9 Å². The molecule has 0 aliphatic carbocycles. The van der Waals surface area contributed by atoms with Crippen molar-refractivity contribution < 1.29 is 9.34 Å². The molecule has 3 aromatic rings. The van der Waals surface area contributed by atoms with E-state index in [1.165, 1.54) is 12.6 Å². The lowest BCUT2D eigenvalue weighted by atomic mass is 10.3. The van der Waals surface area contributed by atoms with E-state index in [0.717, 1.165) is 5.56 Å². The SMILES string of the molecule is Cc1ccnc(Nc2ncnc(NCc3ccco3)c2[N+](=O)[O-])c1. The van der Waals surface area contributed by atoms with Crippen molar-refractivity contribution in [3.05, 3.63) is 64.5 Å². The van der Waals surface area contributed by atoms with E-state index in [2.05, 4.69) is 25.6 Å². The molecule has 0 fully saturated rings. The van der Waals surface area contributed by atoms with Gasteiger partial charge < -0.3 is 15.1 Å². The van der Waals surface area contributed by atoms with Gasteiger partial charge in [0.15, 0.2) is 0 Å². The average Bonchev–Trinajstić information content (AvgIpc) is 3.06. The van der Waals surface area contributed by atoms with Gasteiger partial charge in [0.1, 0.15) is 17.9 Å². The Bertz CT molecular complexity index is 850. The van der Waals surface area contributed by atoms with Crippen LogP contribution in [0.5, 0.6) is 0 Å². The predicted molar refractivity (Wildman–Crippen MR) is 87.0 cm³/mol. The maximum Gasteiger partial charge on any atom is 0.353 e. The van der Waals surface area contributed by atoms with Crippen molar-refractivity contribution in [3.8, 4) is 0 Å². The first-order valence-corrected chi connectivity index (χ1v) is 7.09. The Morgan fingerprint density at radius 3 is 2.79 bits per heavy atom. The number of anilines is 3. The Hall–Kier alpha value is -3.49. The first kappa shape index (κ1) is 15.4. The van der Waals surface area contributed by atoms with Crippen molar-refractivity contribution >= 4 is 23.1 Å². The molecule has 0 saturated heterocycles. The first-order valence-electron chi connectivity index (χ1n) is 7.09. The van der Waals surface area contributed by atoms with Gasteiger partial charge in [-0.3, -0.25) is 10.1 Å². The van der Waals surface area contributed by atoms with Crippen molar-refractivity contribution in [3.63, 3.8) is 0 Å². The van der Waals surface area contributed by atoms with Gasteiger partial charge >= 0.3 is 5.69 Å². The molecule has 0 aromatic carbocycles. The number of nitrogens with one attached hydrogen (secondary N) is 2. The Balaban J connectivity index is 1.88. The zero-order valence-corrected chi connectivity index (χ0v) is 12.8. The summed E-state index contributed by atoms with van der Waals surface area (Å²) in [5.74, 6) is 1.27. The number of aryl methyl sites for hydroxylation is 1. The first-order chi connectivity index (χ1) is 11.6. The monoisotopic (exact) mass is 326 g/mol. The van der Waals surface area contributed by atoms with Gasteiger partial charge in [0.2, 0.25) is 11.6 Å². The fourth-order valence-electron chi connectivity index (χ4n) is 2.08. The van der Waals surface area contributed by atoms with Crippen molar-refractivity contribution in [2.24, 2.45) is 0 Å². The maximum atomic E-state index is 11.5. The molecule has 0 aliphatic rings. The topological polar surface area (TPSA) is 119 Å². The minimum Gasteiger partial charge on any atom is -0.467 e. The van der Waals surface area contributed by atoms with E-state index in [-0.39, 0.29) is 23.9 Å². The molecule has 0 spiro atoms. The van der Waals surface area contributed by atoms with E-state index in [9.17, 15) is 10.1 Å². The van der Waals surface area contributed by atoms with Crippen LogP contribution in [0.3, 0.4) is 0 Å². The zero-order valence-electron chi connectivity index (χ0n) is 12.8. The molecule has 3 heterocycles. The highest BCUT2D eigenvalue weighted by atomic mass is 16.6. The zero-order chi connectivity index (χ0) is 16.9. The van der Waals surface area contributed by atoms with Crippen LogP contribution in [0, 0.1) is 17.0 Å². The predicted octanol–water partition coefficient (Wildman–Crippen LogP) is 3.04. The van der Waals surface area contributed by atoms with Gasteiger partial charge in [0, 0.05) is 6.20 Å². The quantitative estimate of drug-likeness (QED) is 0.524. The van der Waals surface area contributed by atoms with E-state index in [4.69, 9.17) is 4.42 Å². The molecule has 3 rings (SSSR count). The second kappa shape index (κ2) is 6.73. The van der Waals surface area contributed by atoms with E-state index in [0.29, 0.717) is 11.6 Å². The largest absolute Gasteiger partial charge is 0.467 e. The molecule has 0 radical (unpaired) electrons. The summed E-state index contributed by atoms with van der Waals surface area (Å²) in [5.41, 5.74) is 0.715. The Morgan fingerprint density at radius 2 is 2.08 bits per heavy atom. The molecule has 0 saturated carbocycles. The van der Waals surface area contributed by atoms with E-state index in [1.54, 1.807) is 24.4 Å². The number of rotatable bonds is 6. The van der Waals surface area contributed by atoms with Crippen molar-refractivity contribution in [1.29, 1.82) is 0 Å². The molecule has 0 atom stereocenters. The third kappa shape index (κ3) is 3.46. The Labute approximate surface area is 136 Å². The third-order valence-electron chi connectivity index (χ3n) is 3.18. The molecule has 122 valence electrons. The summed E-state index contributed by atoms with van der Waals surface area (Å²) >= 11 is 0. The van der Waals surface area contributed by atoms with Crippen molar-refractivity contribution in [1.82, 2.24) is 15.0 Å². The molecule has 9 heteroatoms. The Morgan fingerprint density at radius 1 is 1.25 bits per heavy atom. The maximum absolute atomic E-state index is 11.5. The fraction of sp³-hybridized carbons (Fsp3) is 0.133. The molecular weight excluding hydrogens is 312 g/mol. The highest BCUT2D eigenvalue weighted by molar-refractivity contribution is 5.72. The minimum atomic E-state index is -0.539. The molecule has 2 N–H and O–H groups in total. The molecule has 9 nitrogen and oxygen atoms in total. The van der Waals surface area contributed by atoms with Crippen LogP contribution in [-0.2, 0) is 6.54 Å². The van der Waals surface area contributed by atoms with E-state index >= 15 is 0 Å². The molecular formula is C15H14N6O3. The normalized spacial score (nSPS) is 10.4. The summed E-state index contributed by atoms with van der Waals surface area (Å²) < 4.78 is 5.19. The highest BCUT2D eigenvalue weighted by Gasteiger charge is 2.23. The van der Waals surface area contributed by atoms with Crippen molar-refractivity contribution in [2.45, 2.75) is 13.5 Å². The lowest BCUT2D eigenvalue weighted by molar-refractivity contribution is -0.383. The number of aromatic nitrogens is 3. The smallest absolute Gasteiger partial charge is 0.353 e. The van der Waals surface area contributed by atoms with Gasteiger partial charge in [-0.25, -0.2) is 15.0 Å². The van der Waals surface area contributed by atoms with Crippen molar-refractivity contribution in [2.75, 3.05) is 10.6 Å². The van der Waals surface area contributed by atoms with Gasteiger partial charge in [-0.15, -0.1) is 0 Å². The number of hydrogen-bond donors (Lipinski definition) is 2. The summed E-state index contributed by atoms with van der Waals surface area (Å²) in [6.07, 6.45) is 4.39. The third-order valence-corrected chi connectivity index (χ3v) is 3.18. The standard InChI is InChI=1S/C15H14N6O3/c1-10-4-5-16-12(7-10)20-15-13(21(22)23)14(18-9-19-15)17-8-11-3-2-6-24-11/h2-7,9H,8H2,1H3,(H2,16,17,18,19,20). The molecule has 24 heavy (non-hydrogen) atoms. The average molecular weight is 326 g/mol. The number of furan rings is 1. The number of pyridine rings is 1. The number of nitro groups is 1. The molecule has 0 unspecified atom stereocenters. The van der Waals surface area contributed by atoms with Crippen LogP contribution in [0.25, 0.3) is 0 Å². The van der Waals surface area contributed by atoms with Gasteiger partial charge in [-0.05, 0) is 36.8 Å². The lowest BCUT2D eigenvalue weighted by Gasteiger charge is -2.09. The molecule has 0 amide bonds. The van der Waals surface area contributed by atoms with Crippen LogP contribution in [0.1, 0.15) is 11.3 Å². The van der Waals surface area contributed by atoms with E-state index in [1.807, 2.05) is 13.0 Å². The molecule has 0 bridgehead atoms. The molecule has 0 aliphatic heterocycles. The summed E-state index contributed by atoms with van der Waals surface area (Å²) in [4.78, 5) is 23.0. The second-order valence-corrected chi connectivity index (χ2v) is 4.95. The van der Waals surface area contributed by atoms with Crippen LogP contribution in [0.2, 0.25) is 0 Å². The van der Waals surface area contributed by atoms with Gasteiger partial charge in [-0.2, -0.15) is 0 Å². The fourth-order valence-corrected chi connectivity index (χ4v) is 2.08. The van der Waals surface area contributed by atoms with Crippen LogP contribution >= 0.6 is 0 Å². The minimum absolute atomic E-state index is 0.0649. The van der Waals surface area contributed by atoms with Crippen LogP contribution < -0.4 is 10.6 Å². The Kier molecular flexibility index (Phi) is 4.32. The van der Waals surface area contributed by atoms with Crippen LogP contribution in [0.15, 0.2) is 47.5 Å². The second-order valence-electron chi connectivity index (χ2n) is 4.95. The van der Waals surface area contributed by atoms with Gasteiger partial charge in [0.05, 0.1) is 17.7 Å². The van der Waals surface area contributed by atoms with Crippen LogP contribution in [0.4, 0.5) is 23.1 Å².